The molecule has 150 valence electrons. The number of likely N-dealkylation sites (tertiary alicyclic amines) is 1. The Labute approximate surface area is 168 Å². The average Bonchev–Trinajstić information content (AvgIpc) is 3.11. The van der Waals surface area contributed by atoms with Gasteiger partial charge in [-0.15, -0.1) is 0 Å². The molecular weight excluding hydrogens is 349 g/mol. The zero-order valence-corrected chi connectivity index (χ0v) is 17.1. The normalized spacial score (nSPS) is 17.9. The number of hydrogen-bond donors (Lipinski definition) is 1. The summed E-state index contributed by atoms with van der Waals surface area (Å²) in [5.74, 6) is -0.151. The van der Waals surface area contributed by atoms with E-state index in [1.165, 1.54) is 41.8 Å². The molecule has 1 fully saturated rings. The number of piperidine rings is 1. The molecule has 0 spiro atoms. The first-order valence-electron chi connectivity index (χ1n) is 10.7. The van der Waals surface area contributed by atoms with Crippen molar-refractivity contribution in [2.75, 3.05) is 36.4 Å². The Morgan fingerprint density at radius 1 is 1.04 bits per heavy atom. The molecule has 0 saturated carbocycles. The van der Waals surface area contributed by atoms with Crippen LogP contribution in [0.4, 0.5) is 15.8 Å². The maximum absolute atomic E-state index is 13.0. The molecule has 4 rings (SSSR count). The van der Waals surface area contributed by atoms with Gasteiger partial charge in [0.25, 0.3) is 0 Å². The molecule has 1 saturated heterocycles. The van der Waals surface area contributed by atoms with Crippen molar-refractivity contribution >= 4 is 11.4 Å². The molecule has 0 aromatic heterocycles. The molecule has 0 unspecified atom stereocenters. The molecule has 2 aliphatic rings. The largest absolute Gasteiger partial charge is 0.383 e. The van der Waals surface area contributed by atoms with Crippen molar-refractivity contribution < 1.29 is 4.39 Å². The molecule has 1 N–H and O–H groups in total. The first kappa shape index (κ1) is 19.3. The molecular formula is C24H32FN3. The second-order valence-corrected chi connectivity index (χ2v) is 8.54. The third-order valence-electron chi connectivity index (χ3n) is 6.10. The van der Waals surface area contributed by atoms with Gasteiger partial charge in [-0.2, -0.15) is 0 Å². The minimum Gasteiger partial charge on any atom is -0.383 e. The van der Waals surface area contributed by atoms with Crippen LogP contribution in [0.25, 0.3) is 0 Å². The first-order valence-corrected chi connectivity index (χ1v) is 10.7. The van der Waals surface area contributed by atoms with Crippen molar-refractivity contribution in [1.29, 1.82) is 0 Å². The summed E-state index contributed by atoms with van der Waals surface area (Å²) in [4.78, 5) is 5.21. The summed E-state index contributed by atoms with van der Waals surface area (Å²) in [6, 6.07) is 14.9. The van der Waals surface area contributed by atoms with Crippen molar-refractivity contribution in [3.05, 3.63) is 59.4 Å². The van der Waals surface area contributed by atoms with Gasteiger partial charge in [-0.3, -0.25) is 0 Å². The molecule has 28 heavy (non-hydrogen) atoms. The highest BCUT2D eigenvalue weighted by molar-refractivity contribution is 5.66. The number of benzene rings is 2. The number of fused-ring (bicyclic) bond motifs is 1. The standard InChI is InChI=1S/C24H32FN3/c1-18(2)26-22-8-5-20-10-16-28(24(20)17-22)23-11-14-27(15-12-23)13-9-19-3-6-21(25)7-4-19/h3-8,17-18,23,26H,9-16H2,1-2H3. The topological polar surface area (TPSA) is 18.5 Å². The summed E-state index contributed by atoms with van der Waals surface area (Å²) in [7, 11) is 0. The van der Waals surface area contributed by atoms with E-state index in [9.17, 15) is 4.39 Å². The second kappa shape index (κ2) is 8.52. The van der Waals surface area contributed by atoms with Gasteiger partial charge >= 0.3 is 0 Å². The fraction of sp³-hybridized carbons (Fsp3) is 0.500. The van der Waals surface area contributed by atoms with Crippen LogP contribution in [0, 0.1) is 5.82 Å². The second-order valence-electron chi connectivity index (χ2n) is 8.54. The Balaban J connectivity index is 1.32. The van der Waals surface area contributed by atoms with E-state index in [0.29, 0.717) is 12.1 Å². The van der Waals surface area contributed by atoms with Crippen molar-refractivity contribution in [2.45, 2.75) is 51.6 Å². The van der Waals surface area contributed by atoms with Crippen molar-refractivity contribution in [2.24, 2.45) is 0 Å². The van der Waals surface area contributed by atoms with Crippen LogP contribution >= 0.6 is 0 Å². The number of nitrogens with one attached hydrogen (secondary N) is 1. The third-order valence-corrected chi connectivity index (χ3v) is 6.10. The lowest BCUT2D eigenvalue weighted by Gasteiger charge is -2.38. The molecule has 2 aliphatic heterocycles. The van der Waals surface area contributed by atoms with Gasteiger partial charge in [0, 0.05) is 49.6 Å². The van der Waals surface area contributed by atoms with Crippen molar-refractivity contribution in [3.8, 4) is 0 Å². The van der Waals surface area contributed by atoms with Gasteiger partial charge < -0.3 is 15.1 Å². The molecule has 2 aromatic rings. The summed E-state index contributed by atoms with van der Waals surface area (Å²) >= 11 is 0. The van der Waals surface area contributed by atoms with Crippen molar-refractivity contribution in [1.82, 2.24) is 4.90 Å². The van der Waals surface area contributed by atoms with E-state index in [-0.39, 0.29) is 5.82 Å². The lowest BCUT2D eigenvalue weighted by molar-refractivity contribution is 0.212. The number of rotatable bonds is 6. The molecule has 0 amide bonds. The fourth-order valence-electron chi connectivity index (χ4n) is 4.60. The van der Waals surface area contributed by atoms with Crippen LogP contribution in [0.2, 0.25) is 0 Å². The minimum absolute atomic E-state index is 0.151. The van der Waals surface area contributed by atoms with Crippen molar-refractivity contribution in [3.63, 3.8) is 0 Å². The van der Waals surface area contributed by atoms with Gasteiger partial charge in [-0.1, -0.05) is 18.2 Å². The molecule has 0 bridgehead atoms. The summed E-state index contributed by atoms with van der Waals surface area (Å²) in [6.45, 7) is 8.90. The quantitative estimate of drug-likeness (QED) is 0.781. The van der Waals surface area contributed by atoms with Gasteiger partial charge in [-0.25, -0.2) is 4.39 Å². The summed E-state index contributed by atoms with van der Waals surface area (Å²) < 4.78 is 13.0. The Morgan fingerprint density at radius 2 is 1.79 bits per heavy atom. The molecule has 4 heteroatoms. The highest BCUT2D eigenvalue weighted by Crippen LogP contribution is 2.35. The smallest absolute Gasteiger partial charge is 0.123 e. The Kier molecular flexibility index (Phi) is 5.86. The predicted molar refractivity (Wildman–Crippen MR) is 116 cm³/mol. The van der Waals surface area contributed by atoms with Crippen LogP contribution in [-0.2, 0) is 12.8 Å². The van der Waals surface area contributed by atoms with Gasteiger partial charge in [0.05, 0.1) is 0 Å². The highest BCUT2D eigenvalue weighted by Gasteiger charge is 2.29. The number of halogens is 1. The predicted octanol–water partition coefficient (Wildman–Crippen LogP) is 4.72. The van der Waals surface area contributed by atoms with Crippen LogP contribution in [0.3, 0.4) is 0 Å². The molecule has 2 heterocycles. The zero-order chi connectivity index (χ0) is 19.5. The van der Waals surface area contributed by atoms with Crippen LogP contribution in [0.5, 0.6) is 0 Å². The molecule has 0 aliphatic carbocycles. The first-order chi connectivity index (χ1) is 13.6. The number of nitrogens with zero attached hydrogens (tertiary/aromatic N) is 2. The molecule has 2 aromatic carbocycles. The van der Waals surface area contributed by atoms with E-state index < -0.39 is 0 Å². The lowest BCUT2D eigenvalue weighted by Crippen LogP contribution is -2.45. The molecule has 0 atom stereocenters. The molecule has 3 nitrogen and oxygen atoms in total. The van der Waals surface area contributed by atoms with Gasteiger partial charge in [0.15, 0.2) is 0 Å². The van der Waals surface area contributed by atoms with E-state index in [4.69, 9.17) is 0 Å². The van der Waals surface area contributed by atoms with Crippen LogP contribution in [-0.4, -0.2) is 43.2 Å². The lowest BCUT2D eigenvalue weighted by atomic mass is 10.0. The van der Waals surface area contributed by atoms with E-state index in [0.717, 1.165) is 32.6 Å². The van der Waals surface area contributed by atoms with Gasteiger partial charge in [-0.05, 0) is 74.9 Å². The monoisotopic (exact) mass is 381 g/mol. The Morgan fingerprint density at radius 3 is 2.50 bits per heavy atom. The minimum atomic E-state index is -0.151. The fourth-order valence-corrected chi connectivity index (χ4v) is 4.60. The SMILES string of the molecule is CC(C)Nc1ccc2c(c1)N(C1CCN(CCc3ccc(F)cc3)CC1)CC2. The zero-order valence-electron chi connectivity index (χ0n) is 17.1. The molecule has 0 radical (unpaired) electrons. The van der Waals surface area contributed by atoms with E-state index in [1.807, 2.05) is 12.1 Å². The van der Waals surface area contributed by atoms with Crippen LogP contribution in [0.1, 0.15) is 37.8 Å². The average molecular weight is 382 g/mol. The summed E-state index contributed by atoms with van der Waals surface area (Å²) in [5.41, 5.74) is 5.39. The van der Waals surface area contributed by atoms with Crippen LogP contribution < -0.4 is 10.2 Å². The third kappa shape index (κ3) is 4.49. The van der Waals surface area contributed by atoms with Crippen LogP contribution in [0.15, 0.2) is 42.5 Å². The van der Waals surface area contributed by atoms with Gasteiger partial charge in [0.2, 0.25) is 0 Å². The number of anilines is 2. The summed E-state index contributed by atoms with van der Waals surface area (Å²) in [5, 5.41) is 3.54. The Hall–Kier alpha value is -2.07. The maximum atomic E-state index is 13.0. The number of hydrogen-bond acceptors (Lipinski definition) is 3. The summed E-state index contributed by atoms with van der Waals surface area (Å²) in [6.07, 6.45) is 4.62. The van der Waals surface area contributed by atoms with E-state index in [1.54, 1.807) is 12.1 Å². The van der Waals surface area contributed by atoms with E-state index >= 15 is 0 Å². The highest BCUT2D eigenvalue weighted by atomic mass is 19.1. The Bertz CT molecular complexity index is 779. The maximum Gasteiger partial charge on any atom is 0.123 e. The van der Waals surface area contributed by atoms with E-state index in [2.05, 4.69) is 47.2 Å². The van der Waals surface area contributed by atoms with Gasteiger partial charge in [0.1, 0.15) is 5.82 Å².